The van der Waals surface area contributed by atoms with Gasteiger partial charge in [0.15, 0.2) is 5.78 Å². The zero-order valence-corrected chi connectivity index (χ0v) is 15.5. The molecule has 0 fully saturated rings. The summed E-state index contributed by atoms with van der Waals surface area (Å²) in [7, 11) is -1.93. The van der Waals surface area contributed by atoms with E-state index in [0.717, 1.165) is 5.75 Å². The van der Waals surface area contributed by atoms with Gasteiger partial charge in [0.1, 0.15) is 5.75 Å². The SMILES string of the molecule is CC(C)(C)[Si](C)(C)Oc1cccc(C(=O)c2ccccc2N)c1. The second-order valence-corrected chi connectivity index (χ2v) is 12.0. The summed E-state index contributed by atoms with van der Waals surface area (Å²) in [5, 5.41) is 0.108. The fraction of sp³-hybridized carbons (Fsp3) is 0.316. The number of nitrogen functional groups attached to an aromatic ring is 1. The van der Waals surface area contributed by atoms with Crippen LogP contribution in [0, 0.1) is 0 Å². The Hall–Kier alpha value is -2.07. The molecule has 0 saturated heterocycles. The molecule has 3 nitrogen and oxygen atoms in total. The van der Waals surface area contributed by atoms with Crippen molar-refractivity contribution in [3.05, 3.63) is 59.7 Å². The molecule has 0 heterocycles. The molecule has 0 bridgehead atoms. The molecule has 0 unspecified atom stereocenters. The number of hydrogen-bond donors (Lipinski definition) is 1. The molecule has 23 heavy (non-hydrogen) atoms. The maximum atomic E-state index is 12.7. The lowest BCUT2D eigenvalue weighted by Crippen LogP contribution is -2.43. The number of hydrogen-bond acceptors (Lipinski definition) is 3. The van der Waals surface area contributed by atoms with E-state index in [1.54, 1.807) is 18.2 Å². The molecular weight excluding hydrogens is 302 g/mol. The van der Waals surface area contributed by atoms with Crippen molar-refractivity contribution in [2.24, 2.45) is 0 Å². The van der Waals surface area contributed by atoms with E-state index in [4.69, 9.17) is 10.2 Å². The van der Waals surface area contributed by atoms with Gasteiger partial charge in [-0.15, -0.1) is 0 Å². The lowest BCUT2D eigenvalue weighted by Gasteiger charge is -2.36. The number of rotatable bonds is 4. The molecule has 0 aliphatic rings. The first-order chi connectivity index (χ1) is 10.6. The lowest BCUT2D eigenvalue weighted by atomic mass is 10.0. The first-order valence-corrected chi connectivity index (χ1v) is 10.7. The quantitative estimate of drug-likeness (QED) is 0.494. The van der Waals surface area contributed by atoms with Gasteiger partial charge in [0, 0.05) is 16.8 Å². The van der Waals surface area contributed by atoms with Crippen molar-refractivity contribution in [2.45, 2.75) is 38.9 Å². The van der Waals surface area contributed by atoms with Crippen LogP contribution >= 0.6 is 0 Å². The Morgan fingerprint density at radius 2 is 1.70 bits per heavy atom. The van der Waals surface area contributed by atoms with E-state index >= 15 is 0 Å². The number of carbonyl (C=O) groups excluding carboxylic acids is 1. The van der Waals surface area contributed by atoms with Crippen LogP contribution < -0.4 is 10.2 Å². The van der Waals surface area contributed by atoms with E-state index < -0.39 is 8.32 Å². The molecule has 0 aliphatic heterocycles. The largest absolute Gasteiger partial charge is 0.543 e. The minimum absolute atomic E-state index is 0.0798. The van der Waals surface area contributed by atoms with E-state index in [9.17, 15) is 4.79 Å². The average Bonchev–Trinajstić information content (AvgIpc) is 2.45. The van der Waals surface area contributed by atoms with Crippen LogP contribution in [0.3, 0.4) is 0 Å². The third-order valence-electron chi connectivity index (χ3n) is 4.48. The van der Waals surface area contributed by atoms with Gasteiger partial charge in [0.25, 0.3) is 0 Å². The summed E-state index contributed by atoms with van der Waals surface area (Å²) in [6, 6.07) is 14.5. The van der Waals surface area contributed by atoms with E-state index in [1.165, 1.54) is 0 Å². The maximum Gasteiger partial charge on any atom is 0.250 e. The summed E-state index contributed by atoms with van der Waals surface area (Å²) in [5.74, 6) is 0.667. The molecule has 0 atom stereocenters. The smallest absolute Gasteiger partial charge is 0.250 e. The van der Waals surface area contributed by atoms with Gasteiger partial charge in [0.05, 0.1) is 0 Å². The van der Waals surface area contributed by atoms with Crippen LogP contribution in [0.15, 0.2) is 48.5 Å². The van der Waals surface area contributed by atoms with Gasteiger partial charge < -0.3 is 10.2 Å². The van der Waals surface area contributed by atoms with Gasteiger partial charge in [-0.1, -0.05) is 45.0 Å². The minimum atomic E-state index is -1.93. The Morgan fingerprint density at radius 1 is 1.04 bits per heavy atom. The van der Waals surface area contributed by atoms with Gasteiger partial charge in [-0.05, 0) is 42.4 Å². The summed E-state index contributed by atoms with van der Waals surface area (Å²) in [4.78, 5) is 12.7. The van der Waals surface area contributed by atoms with Gasteiger partial charge in [-0.25, -0.2) is 0 Å². The van der Waals surface area contributed by atoms with Gasteiger partial charge in [-0.3, -0.25) is 4.79 Å². The van der Waals surface area contributed by atoms with E-state index in [-0.39, 0.29) is 10.8 Å². The molecule has 2 rings (SSSR count). The average molecular weight is 328 g/mol. The molecule has 0 spiro atoms. The van der Waals surface area contributed by atoms with Crippen LogP contribution in [0.5, 0.6) is 5.75 Å². The number of benzene rings is 2. The number of nitrogens with two attached hydrogens (primary N) is 1. The normalized spacial score (nSPS) is 12.0. The van der Waals surface area contributed by atoms with Gasteiger partial charge >= 0.3 is 0 Å². The Balaban J connectivity index is 2.31. The number of para-hydroxylation sites is 1. The van der Waals surface area contributed by atoms with Crippen LogP contribution in [0.4, 0.5) is 5.69 Å². The maximum absolute atomic E-state index is 12.7. The van der Waals surface area contributed by atoms with Crippen molar-refractivity contribution < 1.29 is 9.22 Å². The van der Waals surface area contributed by atoms with Crippen LogP contribution in [0.1, 0.15) is 36.7 Å². The van der Waals surface area contributed by atoms with Crippen LogP contribution in [-0.4, -0.2) is 14.1 Å². The van der Waals surface area contributed by atoms with E-state index in [2.05, 4.69) is 33.9 Å². The summed E-state index contributed by atoms with van der Waals surface area (Å²) in [6.45, 7) is 11.0. The highest BCUT2D eigenvalue weighted by Crippen LogP contribution is 2.37. The van der Waals surface area contributed by atoms with Crippen molar-refractivity contribution in [2.75, 3.05) is 5.73 Å². The summed E-state index contributed by atoms with van der Waals surface area (Å²) in [5.41, 5.74) is 7.53. The first-order valence-electron chi connectivity index (χ1n) is 7.80. The van der Waals surface area contributed by atoms with Crippen molar-refractivity contribution >= 4 is 19.8 Å². The summed E-state index contributed by atoms with van der Waals surface area (Å²) >= 11 is 0. The molecule has 122 valence electrons. The fourth-order valence-electron chi connectivity index (χ4n) is 2.01. The zero-order chi connectivity index (χ0) is 17.3. The van der Waals surface area contributed by atoms with Crippen molar-refractivity contribution in [1.82, 2.24) is 0 Å². The third-order valence-corrected chi connectivity index (χ3v) is 8.84. The predicted octanol–water partition coefficient (Wildman–Crippen LogP) is 4.88. The molecule has 0 aliphatic carbocycles. The topological polar surface area (TPSA) is 52.3 Å². The van der Waals surface area contributed by atoms with Gasteiger partial charge in [-0.2, -0.15) is 0 Å². The van der Waals surface area contributed by atoms with Crippen LogP contribution in [-0.2, 0) is 0 Å². The second-order valence-electron chi connectivity index (χ2n) is 7.31. The number of ketones is 1. The number of anilines is 1. The molecule has 4 heteroatoms. The van der Waals surface area contributed by atoms with Crippen molar-refractivity contribution in [3.63, 3.8) is 0 Å². The minimum Gasteiger partial charge on any atom is -0.543 e. The monoisotopic (exact) mass is 327 g/mol. The molecular formula is C19H25NO2Si. The second kappa shape index (κ2) is 6.20. The van der Waals surface area contributed by atoms with E-state index in [1.807, 2.05) is 30.3 Å². The van der Waals surface area contributed by atoms with Crippen LogP contribution in [0.25, 0.3) is 0 Å². The molecule has 0 aromatic heterocycles. The summed E-state index contributed by atoms with van der Waals surface area (Å²) in [6.07, 6.45) is 0. The fourth-order valence-corrected chi connectivity index (χ4v) is 3.03. The van der Waals surface area contributed by atoms with Gasteiger partial charge in [0.2, 0.25) is 8.32 Å². The number of carbonyl (C=O) groups is 1. The van der Waals surface area contributed by atoms with E-state index in [0.29, 0.717) is 16.8 Å². The molecule has 2 aromatic rings. The Morgan fingerprint density at radius 3 is 2.30 bits per heavy atom. The molecule has 0 saturated carbocycles. The Kier molecular flexibility index (Phi) is 4.66. The highest BCUT2D eigenvalue weighted by molar-refractivity contribution is 6.74. The highest BCUT2D eigenvalue weighted by atomic mass is 28.4. The predicted molar refractivity (Wildman–Crippen MR) is 98.6 cm³/mol. The van der Waals surface area contributed by atoms with Crippen LogP contribution in [0.2, 0.25) is 18.1 Å². The zero-order valence-electron chi connectivity index (χ0n) is 14.5. The molecule has 2 N–H and O–H groups in total. The molecule has 0 amide bonds. The van der Waals surface area contributed by atoms with Crippen molar-refractivity contribution in [1.29, 1.82) is 0 Å². The molecule has 0 radical (unpaired) electrons. The Bertz CT molecular complexity index is 717. The van der Waals surface area contributed by atoms with Crippen molar-refractivity contribution in [3.8, 4) is 5.75 Å². The summed E-state index contributed by atoms with van der Waals surface area (Å²) < 4.78 is 6.28. The molecule has 2 aromatic carbocycles. The highest BCUT2D eigenvalue weighted by Gasteiger charge is 2.39. The lowest BCUT2D eigenvalue weighted by molar-refractivity contribution is 0.103. The Labute approximate surface area is 139 Å². The standard InChI is InChI=1S/C19H25NO2Si/c1-19(2,3)23(4,5)22-15-10-8-9-14(13-15)18(21)16-11-6-7-12-17(16)20/h6-13H,20H2,1-5H3. The first kappa shape index (κ1) is 17.3. The third kappa shape index (κ3) is 3.82.